The number of nitrogens with zero attached hydrogens (tertiary/aromatic N) is 2. The third kappa shape index (κ3) is 3.88. The third-order valence-corrected chi connectivity index (χ3v) is 7.36. The highest BCUT2D eigenvalue weighted by Gasteiger charge is 2.34. The number of benzene rings is 2. The standard InChI is InChI=1S/C24H28N2O3S/c1-16-9-11-20(12-10-16)30(27,28)23-24(26-14-17(2)13-18(3)15-26)29-22(25-23)21-8-6-5-7-19(21)4/h5-12,17-18H,13-15H2,1-4H3. The van der Waals surface area contributed by atoms with E-state index in [0.29, 0.717) is 23.6 Å². The second-order valence-electron chi connectivity index (χ2n) is 8.61. The summed E-state index contributed by atoms with van der Waals surface area (Å²) in [5.41, 5.74) is 2.81. The molecule has 2 aromatic carbocycles. The lowest BCUT2D eigenvalue weighted by Gasteiger charge is -2.34. The number of sulfone groups is 1. The normalized spacial score (nSPS) is 19.8. The van der Waals surface area contributed by atoms with Crippen LogP contribution in [0.5, 0.6) is 0 Å². The Bertz CT molecular complexity index is 1140. The quantitative estimate of drug-likeness (QED) is 0.571. The first kappa shape index (κ1) is 20.7. The molecular formula is C24H28N2O3S. The van der Waals surface area contributed by atoms with Gasteiger partial charge in [0.1, 0.15) is 0 Å². The Morgan fingerprint density at radius 2 is 1.60 bits per heavy atom. The van der Waals surface area contributed by atoms with Gasteiger partial charge in [-0.15, -0.1) is 0 Å². The number of piperidine rings is 1. The van der Waals surface area contributed by atoms with Crippen LogP contribution < -0.4 is 4.90 Å². The summed E-state index contributed by atoms with van der Waals surface area (Å²) in [4.78, 5) is 6.82. The van der Waals surface area contributed by atoms with Gasteiger partial charge in [-0.1, -0.05) is 49.7 Å². The second-order valence-corrected chi connectivity index (χ2v) is 10.5. The Morgan fingerprint density at radius 3 is 2.23 bits per heavy atom. The topological polar surface area (TPSA) is 63.4 Å². The van der Waals surface area contributed by atoms with Gasteiger partial charge in [-0.2, -0.15) is 4.98 Å². The van der Waals surface area contributed by atoms with Crippen LogP contribution in [0.4, 0.5) is 5.88 Å². The fourth-order valence-electron chi connectivity index (χ4n) is 4.26. The monoisotopic (exact) mass is 424 g/mol. The molecule has 30 heavy (non-hydrogen) atoms. The molecule has 1 aliphatic rings. The molecule has 0 bridgehead atoms. The van der Waals surface area contributed by atoms with Crippen LogP contribution >= 0.6 is 0 Å². The van der Waals surface area contributed by atoms with E-state index in [-0.39, 0.29) is 9.92 Å². The average Bonchev–Trinajstić information content (AvgIpc) is 3.14. The Hall–Kier alpha value is -2.60. The van der Waals surface area contributed by atoms with E-state index in [9.17, 15) is 8.42 Å². The zero-order chi connectivity index (χ0) is 21.5. The molecule has 1 saturated heterocycles. The van der Waals surface area contributed by atoms with Crippen molar-refractivity contribution in [3.63, 3.8) is 0 Å². The molecule has 1 fully saturated rings. The zero-order valence-electron chi connectivity index (χ0n) is 17.9. The summed E-state index contributed by atoms with van der Waals surface area (Å²) in [6.45, 7) is 9.79. The molecule has 0 radical (unpaired) electrons. The fourth-order valence-corrected chi connectivity index (χ4v) is 5.58. The lowest BCUT2D eigenvalue weighted by Crippen LogP contribution is -2.39. The Morgan fingerprint density at radius 1 is 0.967 bits per heavy atom. The minimum absolute atomic E-state index is 0.00547. The smallest absolute Gasteiger partial charge is 0.236 e. The molecule has 3 aromatic rings. The molecule has 0 spiro atoms. The van der Waals surface area contributed by atoms with E-state index in [1.54, 1.807) is 24.3 Å². The van der Waals surface area contributed by atoms with Gasteiger partial charge in [-0.05, 0) is 55.9 Å². The molecule has 1 aromatic heterocycles. The van der Waals surface area contributed by atoms with E-state index in [0.717, 1.165) is 36.2 Å². The maximum absolute atomic E-state index is 13.6. The minimum atomic E-state index is -3.82. The van der Waals surface area contributed by atoms with Crippen molar-refractivity contribution in [1.29, 1.82) is 0 Å². The summed E-state index contributed by atoms with van der Waals surface area (Å²) in [6, 6.07) is 14.6. The largest absolute Gasteiger partial charge is 0.419 e. The van der Waals surface area contributed by atoms with Crippen LogP contribution in [0.3, 0.4) is 0 Å². The Kier molecular flexibility index (Phi) is 5.45. The van der Waals surface area contributed by atoms with Gasteiger partial charge in [0.15, 0.2) is 0 Å². The van der Waals surface area contributed by atoms with E-state index < -0.39 is 9.84 Å². The molecule has 5 nitrogen and oxygen atoms in total. The van der Waals surface area contributed by atoms with Crippen LogP contribution in [0.2, 0.25) is 0 Å². The van der Waals surface area contributed by atoms with Gasteiger partial charge in [0, 0.05) is 18.7 Å². The first-order chi connectivity index (χ1) is 14.3. The van der Waals surface area contributed by atoms with E-state index in [4.69, 9.17) is 4.42 Å². The van der Waals surface area contributed by atoms with Crippen LogP contribution in [0, 0.1) is 25.7 Å². The summed E-state index contributed by atoms with van der Waals surface area (Å²) in [7, 11) is -3.82. The maximum atomic E-state index is 13.6. The van der Waals surface area contributed by atoms with Gasteiger partial charge >= 0.3 is 0 Å². The molecule has 158 valence electrons. The summed E-state index contributed by atoms with van der Waals surface area (Å²) in [6.07, 6.45) is 1.12. The van der Waals surface area contributed by atoms with Crippen LogP contribution in [0.25, 0.3) is 11.5 Å². The molecule has 2 heterocycles. The van der Waals surface area contributed by atoms with Crippen LogP contribution in [-0.2, 0) is 9.84 Å². The van der Waals surface area contributed by atoms with Crippen molar-refractivity contribution >= 4 is 15.7 Å². The molecule has 0 amide bonds. The van der Waals surface area contributed by atoms with Crippen molar-refractivity contribution < 1.29 is 12.8 Å². The Balaban J connectivity index is 1.87. The number of aryl methyl sites for hydroxylation is 2. The van der Waals surface area contributed by atoms with Crippen molar-refractivity contribution in [2.24, 2.45) is 11.8 Å². The molecule has 0 aliphatic carbocycles. The van der Waals surface area contributed by atoms with Gasteiger partial charge in [0.05, 0.1) is 4.90 Å². The summed E-state index contributed by atoms with van der Waals surface area (Å²) < 4.78 is 33.3. The maximum Gasteiger partial charge on any atom is 0.236 e. The van der Waals surface area contributed by atoms with Gasteiger partial charge in [-0.3, -0.25) is 0 Å². The summed E-state index contributed by atoms with van der Waals surface area (Å²) in [5, 5.41) is 0.00547. The molecule has 0 saturated carbocycles. The molecule has 0 N–H and O–H groups in total. The predicted molar refractivity (Wildman–Crippen MR) is 118 cm³/mol. The number of oxazole rings is 1. The number of aromatic nitrogens is 1. The van der Waals surface area contributed by atoms with Crippen LogP contribution in [0.1, 0.15) is 31.4 Å². The van der Waals surface area contributed by atoms with Gasteiger partial charge < -0.3 is 9.32 Å². The molecule has 2 atom stereocenters. The number of hydrogen-bond acceptors (Lipinski definition) is 5. The first-order valence-corrected chi connectivity index (χ1v) is 11.9. The lowest BCUT2D eigenvalue weighted by molar-refractivity contribution is 0.342. The molecule has 4 rings (SSSR count). The van der Waals surface area contributed by atoms with Crippen molar-refractivity contribution in [2.45, 2.75) is 44.0 Å². The van der Waals surface area contributed by atoms with E-state index in [1.807, 2.05) is 38.1 Å². The van der Waals surface area contributed by atoms with Crippen molar-refractivity contribution in [2.75, 3.05) is 18.0 Å². The van der Waals surface area contributed by atoms with Crippen molar-refractivity contribution in [1.82, 2.24) is 4.98 Å². The van der Waals surface area contributed by atoms with E-state index in [1.165, 1.54) is 0 Å². The van der Waals surface area contributed by atoms with Crippen LogP contribution in [-0.4, -0.2) is 26.5 Å². The van der Waals surface area contributed by atoms with Gasteiger partial charge in [0.2, 0.25) is 26.6 Å². The first-order valence-electron chi connectivity index (χ1n) is 10.4. The van der Waals surface area contributed by atoms with Gasteiger partial charge in [-0.25, -0.2) is 8.42 Å². The summed E-state index contributed by atoms with van der Waals surface area (Å²) >= 11 is 0. The van der Waals surface area contributed by atoms with Gasteiger partial charge in [0.25, 0.3) is 0 Å². The lowest BCUT2D eigenvalue weighted by atomic mass is 9.92. The molecule has 2 unspecified atom stereocenters. The number of rotatable bonds is 4. The van der Waals surface area contributed by atoms with Crippen molar-refractivity contribution in [3.05, 3.63) is 59.7 Å². The highest BCUT2D eigenvalue weighted by molar-refractivity contribution is 7.91. The minimum Gasteiger partial charge on any atom is -0.419 e. The highest BCUT2D eigenvalue weighted by Crippen LogP contribution is 2.38. The highest BCUT2D eigenvalue weighted by atomic mass is 32.2. The SMILES string of the molecule is Cc1ccc(S(=O)(=O)c2nc(-c3ccccc3C)oc2N2CC(C)CC(C)C2)cc1. The van der Waals surface area contributed by atoms with E-state index >= 15 is 0 Å². The summed E-state index contributed by atoms with van der Waals surface area (Å²) in [5.74, 6) is 1.61. The number of hydrogen-bond donors (Lipinski definition) is 0. The average molecular weight is 425 g/mol. The predicted octanol–water partition coefficient (Wildman–Crippen LogP) is 5.27. The van der Waals surface area contributed by atoms with Crippen LogP contribution in [0.15, 0.2) is 62.9 Å². The van der Waals surface area contributed by atoms with E-state index in [2.05, 4.69) is 23.7 Å². The fraction of sp³-hybridized carbons (Fsp3) is 0.375. The second kappa shape index (κ2) is 7.91. The third-order valence-electron chi connectivity index (χ3n) is 5.70. The Labute approximate surface area is 178 Å². The molecule has 1 aliphatic heterocycles. The molecular weight excluding hydrogens is 396 g/mol. The van der Waals surface area contributed by atoms with Crippen molar-refractivity contribution in [3.8, 4) is 11.5 Å². The zero-order valence-corrected chi connectivity index (χ0v) is 18.7. The number of anilines is 1. The molecule has 6 heteroatoms.